The maximum absolute atomic E-state index is 11.6. The number of H-pyrrole nitrogens is 1. The number of rotatable bonds is 4. The number of hydrogen-bond donors (Lipinski definition) is 3. The molecule has 0 bridgehead atoms. The van der Waals surface area contributed by atoms with Gasteiger partial charge in [-0.05, 0) is 6.92 Å². The van der Waals surface area contributed by atoms with Crippen molar-refractivity contribution in [2.24, 2.45) is 0 Å². The largest absolute Gasteiger partial charge is 0.350 e. The summed E-state index contributed by atoms with van der Waals surface area (Å²) >= 11 is 0. The van der Waals surface area contributed by atoms with Crippen molar-refractivity contribution in [2.45, 2.75) is 13.5 Å². The van der Waals surface area contributed by atoms with Crippen molar-refractivity contribution >= 4 is 17.8 Å². The summed E-state index contributed by atoms with van der Waals surface area (Å²) in [6, 6.07) is -0.533. The molecular formula is C10H13N5O3. The second-order valence-corrected chi connectivity index (χ2v) is 3.94. The van der Waals surface area contributed by atoms with Crippen LogP contribution in [0.2, 0.25) is 0 Å². The Kier molecular flexibility index (Phi) is 3.26. The van der Waals surface area contributed by atoms with Crippen molar-refractivity contribution in [3.05, 3.63) is 17.5 Å². The molecule has 1 aromatic heterocycles. The molecule has 0 saturated carbocycles. The van der Waals surface area contributed by atoms with E-state index in [-0.39, 0.29) is 19.0 Å². The molecule has 0 spiro atoms. The molecule has 3 N–H and O–H groups in total. The molecule has 0 atom stereocenters. The van der Waals surface area contributed by atoms with Crippen molar-refractivity contribution in [1.29, 1.82) is 0 Å². The zero-order valence-electron chi connectivity index (χ0n) is 9.82. The lowest BCUT2D eigenvalue weighted by atomic mass is 10.2. The second-order valence-electron chi connectivity index (χ2n) is 3.94. The number of aryl methyl sites for hydroxylation is 1. The van der Waals surface area contributed by atoms with Crippen LogP contribution in [-0.2, 0) is 16.1 Å². The van der Waals surface area contributed by atoms with Gasteiger partial charge in [-0.25, -0.2) is 4.79 Å². The summed E-state index contributed by atoms with van der Waals surface area (Å²) in [4.78, 5) is 34.9. The molecule has 1 aliphatic heterocycles. The van der Waals surface area contributed by atoms with Gasteiger partial charge in [0.2, 0.25) is 5.91 Å². The van der Waals surface area contributed by atoms with Gasteiger partial charge >= 0.3 is 6.03 Å². The predicted octanol–water partition coefficient (Wildman–Crippen LogP) is -1.11. The van der Waals surface area contributed by atoms with E-state index in [1.807, 2.05) is 6.92 Å². The van der Waals surface area contributed by atoms with Crippen LogP contribution < -0.4 is 10.6 Å². The van der Waals surface area contributed by atoms with Gasteiger partial charge in [-0.2, -0.15) is 5.10 Å². The molecule has 96 valence electrons. The molecule has 8 nitrogen and oxygen atoms in total. The number of nitrogens with zero attached hydrogens (tertiary/aromatic N) is 2. The van der Waals surface area contributed by atoms with E-state index in [4.69, 9.17) is 0 Å². The molecule has 0 aliphatic carbocycles. The number of imide groups is 1. The minimum Gasteiger partial charge on any atom is -0.350 e. The van der Waals surface area contributed by atoms with E-state index in [1.54, 1.807) is 6.20 Å². The molecule has 1 aromatic rings. The molecule has 0 radical (unpaired) electrons. The zero-order valence-corrected chi connectivity index (χ0v) is 9.82. The standard InChI is InChI=1S/C10H13N5O3/c1-6-7(3-13-14-6)2-11-8(16)5-15-9(17)4-12-10(15)18/h3H,2,4-5H2,1H3,(H,11,16)(H,12,18)(H,13,14). The van der Waals surface area contributed by atoms with Crippen molar-refractivity contribution in [2.75, 3.05) is 13.1 Å². The van der Waals surface area contributed by atoms with Crippen LogP contribution >= 0.6 is 0 Å². The highest BCUT2D eigenvalue weighted by Crippen LogP contribution is 2.02. The summed E-state index contributed by atoms with van der Waals surface area (Å²) in [6.45, 7) is 1.84. The van der Waals surface area contributed by atoms with Gasteiger partial charge in [0.1, 0.15) is 6.54 Å². The van der Waals surface area contributed by atoms with Crippen LogP contribution in [-0.4, -0.2) is 46.0 Å². The predicted molar refractivity (Wildman–Crippen MR) is 60.3 cm³/mol. The number of aromatic nitrogens is 2. The average Bonchev–Trinajstić information content (AvgIpc) is 2.87. The summed E-state index contributed by atoms with van der Waals surface area (Å²) in [5.41, 5.74) is 1.73. The van der Waals surface area contributed by atoms with Crippen molar-refractivity contribution in [3.63, 3.8) is 0 Å². The number of aromatic amines is 1. The Balaban J connectivity index is 1.84. The lowest BCUT2D eigenvalue weighted by Gasteiger charge is -2.11. The molecule has 8 heteroatoms. The molecule has 0 unspecified atom stereocenters. The summed E-state index contributed by atoms with van der Waals surface area (Å²) in [5, 5.41) is 11.5. The Labute approximate surface area is 103 Å². The first-order chi connectivity index (χ1) is 8.58. The number of carbonyl (C=O) groups excluding carboxylic acids is 3. The fraction of sp³-hybridized carbons (Fsp3) is 0.400. The van der Waals surface area contributed by atoms with Crippen LogP contribution in [0.4, 0.5) is 4.79 Å². The van der Waals surface area contributed by atoms with Gasteiger partial charge in [-0.3, -0.25) is 19.6 Å². The third-order valence-electron chi connectivity index (χ3n) is 2.65. The SMILES string of the molecule is Cc1[nH]ncc1CNC(=O)CN1C(=O)CNC1=O. The smallest absolute Gasteiger partial charge is 0.325 e. The van der Waals surface area contributed by atoms with Gasteiger partial charge in [-0.15, -0.1) is 0 Å². The molecule has 2 heterocycles. The first-order valence-corrected chi connectivity index (χ1v) is 5.41. The number of amides is 4. The number of urea groups is 1. The number of carbonyl (C=O) groups is 3. The van der Waals surface area contributed by atoms with Crippen LogP contribution in [0.15, 0.2) is 6.20 Å². The third kappa shape index (κ3) is 2.47. The number of hydrogen-bond acceptors (Lipinski definition) is 4. The Bertz CT molecular complexity index is 479. The van der Waals surface area contributed by atoms with Gasteiger partial charge in [0.05, 0.1) is 12.7 Å². The lowest BCUT2D eigenvalue weighted by molar-refractivity contribution is -0.130. The maximum Gasteiger partial charge on any atom is 0.325 e. The fourth-order valence-corrected chi connectivity index (χ4v) is 1.56. The van der Waals surface area contributed by atoms with Crippen LogP contribution in [0.5, 0.6) is 0 Å². The highest BCUT2D eigenvalue weighted by atomic mass is 16.2. The molecule has 4 amide bonds. The monoisotopic (exact) mass is 251 g/mol. The quantitative estimate of drug-likeness (QED) is 0.589. The van der Waals surface area contributed by atoms with E-state index < -0.39 is 11.9 Å². The molecule has 1 aliphatic rings. The topological polar surface area (TPSA) is 107 Å². The highest BCUT2D eigenvalue weighted by Gasteiger charge is 2.29. The van der Waals surface area contributed by atoms with E-state index in [0.717, 1.165) is 16.2 Å². The van der Waals surface area contributed by atoms with Crippen LogP contribution in [0.25, 0.3) is 0 Å². The fourth-order valence-electron chi connectivity index (χ4n) is 1.56. The van der Waals surface area contributed by atoms with Gasteiger partial charge in [0.15, 0.2) is 0 Å². The van der Waals surface area contributed by atoms with E-state index in [1.165, 1.54) is 0 Å². The zero-order chi connectivity index (χ0) is 13.1. The Morgan fingerprint density at radius 1 is 1.56 bits per heavy atom. The van der Waals surface area contributed by atoms with Gasteiger partial charge in [0, 0.05) is 17.8 Å². The molecule has 18 heavy (non-hydrogen) atoms. The minimum absolute atomic E-state index is 0.0487. The Hall–Kier alpha value is -2.38. The second kappa shape index (κ2) is 4.86. The Morgan fingerprint density at radius 2 is 2.33 bits per heavy atom. The Morgan fingerprint density at radius 3 is 2.89 bits per heavy atom. The molecule has 1 fully saturated rings. The van der Waals surface area contributed by atoms with Crippen molar-refractivity contribution in [1.82, 2.24) is 25.7 Å². The first-order valence-electron chi connectivity index (χ1n) is 5.41. The normalized spacial score (nSPS) is 14.8. The van der Waals surface area contributed by atoms with Crippen molar-refractivity contribution < 1.29 is 14.4 Å². The van der Waals surface area contributed by atoms with E-state index in [9.17, 15) is 14.4 Å². The lowest BCUT2D eigenvalue weighted by Crippen LogP contribution is -2.40. The van der Waals surface area contributed by atoms with Crippen LogP contribution in [0.1, 0.15) is 11.3 Å². The third-order valence-corrected chi connectivity index (χ3v) is 2.65. The number of nitrogens with one attached hydrogen (secondary N) is 3. The van der Waals surface area contributed by atoms with E-state index >= 15 is 0 Å². The van der Waals surface area contributed by atoms with E-state index in [0.29, 0.717) is 6.54 Å². The molecule has 2 rings (SSSR count). The minimum atomic E-state index is -0.533. The summed E-state index contributed by atoms with van der Waals surface area (Å²) in [7, 11) is 0. The summed E-state index contributed by atoms with van der Waals surface area (Å²) < 4.78 is 0. The van der Waals surface area contributed by atoms with Crippen LogP contribution in [0, 0.1) is 6.92 Å². The van der Waals surface area contributed by atoms with Gasteiger partial charge in [-0.1, -0.05) is 0 Å². The average molecular weight is 251 g/mol. The van der Waals surface area contributed by atoms with Crippen molar-refractivity contribution in [3.8, 4) is 0 Å². The van der Waals surface area contributed by atoms with Gasteiger partial charge < -0.3 is 10.6 Å². The first kappa shape index (κ1) is 12.1. The van der Waals surface area contributed by atoms with Crippen LogP contribution in [0.3, 0.4) is 0 Å². The molecule has 1 saturated heterocycles. The maximum atomic E-state index is 11.6. The van der Waals surface area contributed by atoms with E-state index in [2.05, 4.69) is 20.8 Å². The summed E-state index contributed by atoms with van der Waals surface area (Å²) in [5.74, 6) is -0.782. The highest BCUT2D eigenvalue weighted by molar-refractivity contribution is 6.04. The van der Waals surface area contributed by atoms with Gasteiger partial charge in [0.25, 0.3) is 5.91 Å². The summed E-state index contributed by atoms with van der Waals surface area (Å²) in [6.07, 6.45) is 1.61. The molecular weight excluding hydrogens is 238 g/mol. The molecule has 0 aromatic carbocycles.